The number of alkyl halides is 3. The van der Waals surface area contributed by atoms with Crippen LogP contribution in [0.1, 0.15) is 12.8 Å². The molecule has 0 spiro atoms. The summed E-state index contributed by atoms with van der Waals surface area (Å²) in [5.41, 5.74) is 0. The Balaban J connectivity index is 2.38. The second-order valence-corrected chi connectivity index (χ2v) is 4.45. The SMILES string of the molecule is FC(F)(F)CCCNc1ncc(Br)cc1Cl. The van der Waals surface area contributed by atoms with E-state index in [1.165, 1.54) is 6.20 Å². The van der Waals surface area contributed by atoms with Crippen molar-refractivity contribution in [2.24, 2.45) is 0 Å². The normalized spacial score (nSPS) is 11.6. The summed E-state index contributed by atoms with van der Waals surface area (Å²) < 4.78 is 36.2. The number of hydrogen-bond acceptors (Lipinski definition) is 2. The Hall–Kier alpha value is -0.490. The lowest BCUT2D eigenvalue weighted by atomic mass is 10.3. The Kier molecular flexibility index (Phi) is 4.86. The van der Waals surface area contributed by atoms with E-state index in [4.69, 9.17) is 11.6 Å². The summed E-state index contributed by atoms with van der Waals surface area (Å²) in [5.74, 6) is 0.395. The number of aromatic nitrogens is 1. The van der Waals surface area contributed by atoms with Crippen LogP contribution in [0.4, 0.5) is 19.0 Å². The van der Waals surface area contributed by atoms with Crippen molar-refractivity contribution >= 4 is 33.3 Å². The number of nitrogens with zero attached hydrogens (tertiary/aromatic N) is 1. The standard InChI is InChI=1S/C9H9BrClF3N2/c10-6-4-7(11)8(16-5-6)15-3-1-2-9(12,13)14/h4-5H,1-3H2,(H,15,16). The Morgan fingerprint density at radius 3 is 2.69 bits per heavy atom. The summed E-state index contributed by atoms with van der Waals surface area (Å²) in [4.78, 5) is 3.94. The third kappa shape index (κ3) is 5.03. The van der Waals surface area contributed by atoms with Crippen LogP contribution < -0.4 is 5.32 Å². The van der Waals surface area contributed by atoms with E-state index in [-0.39, 0.29) is 13.0 Å². The molecule has 0 aliphatic heterocycles. The zero-order valence-corrected chi connectivity index (χ0v) is 10.5. The van der Waals surface area contributed by atoms with E-state index in [9.17, 15) is 13.2 Å². The zero-order chi connectivity index (χ0) is 12.2. The second-order valence-electron chi connectivity index (χ2n) is 3.13. The van der Waals surface area contributed by atoms with Gasteiger partial charge in [-0.15, -0.1) is 0 Å². The molecule has 90 valence electrons. The molecular weight excluding hydrogens is 308 g/mol. The molecule has 0 amide bonds. The van der Waals surface area contributed by atoms with Crippen molar-refractivity contribution in [3.05, 3.63) is 21.8 Å². The van der Waals surface area contributed by atoms with Crippen molar-refractivity contribution in [3.8, 4) is 0 Å². The maximum Gasteiger partial charge on any atom is 0.389 e. The highest BCUT2D eigenvalue weighted by molar-refractivity contribution is 9.10. The van der Waals surface area contributed by atoms with E-state index < -0.39 is 12.6 Å². The lowest BCUT2D eigenvalue weighted by Gasteiger charge is -2.08. The fourth-order valence-electron chi connectivity index (χ4n) is 1.04. The molecule has 0 unspecified atom stereocenters. The Bertz CT molecular complexity index is 357. The van der Waals surface area contributed by atoms with Crippen LogP contribution >= 0.6 is 27.5 Å². The van der Waals surface area contributed by atoms with Crippen LogP contribution in [-0.4, -0.2) is 17.7 Å². The summed E-state index contributed by atoms with van der Waals surface area (Å²) in [6.45, 7) is 0.188. The predicted octanol–water partition coefficient (Wildman–Crippen LogP) is 4.25. The maximum absolute atomic E-state index is 11.8. The summed E-state index contributed by atoms with van der Waals surface area (Å²) in [7, 11) is 0. The summed E-state index contributed by atoms with van der Waals surface area (Å²) in [6.07, 6.45) is -3.40. The fraction of sp³-hybridized carbons (Fsp3) is 0.444. The average Bonchev–Trinajstić information content (AvgIpc) is 2.13. The molecule has 0 aliphatic carbocycles. The van der Waals surface area contributed by atoms with Crippen molar-refractivity contribution in [1.29, 1.82) is 0 Å². The molecule has 0 aliphatic rings. The maximum atomic E-state index is 11.8. The van der Waals surface area contributed by atoms with Crippen LogP contribution in [0.3, 0.4) is 0 Å². The lowest BCUT2D eigenvalue weighted by molar-refractivity contribution is -0.134. The Morgan fingerprint density at radius 2 is 2.12 bits per heavy atom. The third-order valence-electron chi connectivity index (χ3n) is 1.74. The summed E-state index contributed by atoms with van der Waals surface area (Å²) in [6, 6.07) is 1.63. The molecule has 0 bridgehead atoms. The highest BCUT2D eigenvalue weighted by Gasteiger charge is 2.25. The van der Waals surface area contributed by atoms with Gasteiger partial charge in [0.25, 0.3) is 0 Å². The van der Waals surface area contributed by atoms with Crippen LogP contribution in [0.25, 0.3) is 0 Å². The van der Waals surface area contributed by atoms with Crippen molar-refractivity contribution in [1.82, 2.24) is 4.98 Å². The average molecular weight is 318 g/mol. The molecule has 0 atom stereocenters. The number of anilines is 1. The molecule has 1 aromatic heterocycles. The van der Waals surface area contributed by atoms with Crippen LogP contribution in [0.15, 0.2) is 16.7 Å². The van der Waals surface area contributed by atoms with Gasteiger partial charge in [0.2, 0.25) is 0 Å². The topological polar surface area (TPSA) is 24.9 Å². The molecule has 0 radical (unpaired) electrons. The van der Waals surface area contributed by atoms with Gasteiger partial charge >= 0.3 is 6.18 Å². The molecule has 1 N–H and O–H groups in total. The summed E-state index contributed by atoms with van der Waals surface area (Å²) in [5, 5.41) is 3.13. The minimum Gasteiger partial charge on any atom is -0.369 e. The lowest BCUT2D eigenvalue weighted by Crippen LogP contribution is -2.11. The van der Waals surface area contributed by atoms with E-state index in [1.54, 1.807) is 6.07 Å². The Morgan fingerprint density at radius 1 is 1.44 bits per heavy atom. The molecule has 0 fully saturated rings. The first kappa shape index (κ1) is 13.6. The molecule has 16 heavy (non-hydrogen) atoms. The van der Waals surface area contributed by atoms with Crippen LogP contribution in [0.2, 0.25) is 5.02 Å². The van der Waals surface area contributed by atoms with Gasteiger partial charge in [-0.05, 0) is 28.4 Å². The molecule has 1 heterocycles. The zero-order valence-electron chi connectivity index (χ0n) is 8.11. The second kappa shape index (κ2) is 5.72. The predicted molar refractivity (Wildman–Crippen MR) is 60.7 cm³/mol. The first-order valence-corrected chi connectivity index (χ1v) is 5.67. The molecular formula is C9H9BrClF3N2. The van der Waals surface area contributed by atoms with Gasteiger partial charge in [0.1, 0.15) is 5.82 Å². The fourth-order valence-corrected chi connectivity index (χ4v) is 1.74. The molecule has 0 aromatic carbocycles. The third-order valence-corrected chi connectivity index (χ3v) is 2.46. The molecule has 1 aromatic rings. The van der Waals surface area contributed by atoms with E-state index in [2.05, 4.69) is 26.2 Å². The smallest absolute Gasteiger partial charge is 0.369 e. The number of halogens is 5. The van der Waals surface area contributed by atoms with Crippen LogP contribution in [-0.2, 0) is 0 Å². The van der Waals surface area contributed by atoms with E-state index >= 15 is 0 Å². The van der Waals surface area contributed by atoms with E-state index in [1.807, 2.05) is 0 Å². The first-order chi connectivity index (χ1) is 7.38. The highest BCUT2D eigenvalue weighted by atomic mass is 79.9. The molecule has 0 saturated heterocycles. The van der Waals surface area contributed by atoms with Gasteiger partial charge in [-0.1, -0.05) is 11.6 Å². The molecule has 2 nitrogen and oxygen atoms in total. The number of nitrogens with one attached hydrogen (secondary N) is 1. The van der Waals surface area contributed by atoms with E-state index in [0.29, 0.717) is 10.8 Å². The quantitative estimate of drug-likeness (QED) is 0.840. The van der Waals surface area contributed by atoms with Gasteiger partial charge in [0.05, 0.1) is 5.02 Å². The molecule has 0 saturated carbocycles. The number of rotatable bonds is 4. The number of pyridine rings is 1. The van der Waals surface area contributed by atoms with Gasteiger partial charge in [0.15, 0.2) is 0 Å². The summed E-state index contributed by atoms with van der Waals surface area (Å²) >= 11 is 9.00. The van der Waals surface area contributed by atoms with Crippen molar-refractivity contribution < 1.29 is 13.2 Å². The molecule has 7 heteroatoms. The van der Waals surface area contributed by atoms with Crippen molar-refractivity contribution in [3.63, 3.8) is 0 Å². The van der Waals surface area contributed by atoms with Gasteiger partial charge in [-0.3, -0.25) is 0 Å². The Labute approximate surface area is 104 Å². The minimum absolute atomic E-state index is 0.00241. The molecule has 1 rings (SSSR count). The minimum atomic E-state index is -4.11. The van der Waals surface area contributed by atoms with Crippen LogP contribution in [0.5, 0.6) is 0 Å². The van der Waals surface area contributed by atoms with Crippen molar-refractivity contribution in [2.45, 2.75) is 19.0 Å². The van der Waals surface area contributed by atoms with Gasteiger partial charge in [-0.25, -0.2) is 4.98 Å². The first-order valence-electron chi connectivity index (χ1n) is 4.50. The van der Waals surface area contributed by atoms with E-state index in [0.717, 1.165) is 4.47 Å². The van der Waals surface area contributed by atoms with Gasteiger partial charge < -0.3 is 5.32 Å². The highest BCUT2D eigenvalue weighted by Crippen LogP contribution is 2.24. The number of hydrogen-bond donors (Lipinski definition) is 1. The van der Waals surface area contributed by atoms with Crippen molar-refractivity contribution in [2.75, 3.05) is 11.9 Å². The van der Waals surface area contributed by atoms with Gasteiger partial charge in [0, 0.05) is 23.6 Å². The monoisotopic (exact) mass is 316 g/mol. The largest absolute Gasteiger partial charge is 0.389 e. The van der Waals surface area contributed by atoms with Crippen LogP contribution in [0, 0.1) is 0 Å². The van der Waals surface area contributed by atoms with Gasteiger partial charge in [-0.2, -0.15) is 13.2 Å².